The van der Waals surface area contributed by atoms with Gasteiger partial charge in [-0.25, -0.2) is 0 Å². The topological polar surface area (TPSA) is 50.4 Å². The molecular formula is C29H30N2O2. The van der Waals surface area contributed by atoms with Crippen LogP contribution in [-0.4, -0.2) is 12.4 Å². The molecule has 1 aliphatic carbocycles. The van der Waals surface area contributed by atoms with Crippen molar-refractivity contribution in [2.75, 3.05) is 17.2 Å². The van der Waals surface area contributed by atoms with E-state index in [1.807, 2.05) is 48.5 Å². The van der Waals surface area contributed by atoms with Crippen LogP contribution in [0, 0.1) is 0 Å². The number of ketones is 1. The van der Waals surface area contributed by atoms with E-state index in [2.05, 4.69) is 47.9 Å². The molecule has 3 aromatic rings. The molecule has 0 amide bonds. The molecule has 0 aromatic heterocycles. The zero-order chi connectivity index (χ0) is 22.6. The summed E-state index contributed by atoms with van der Waals surface area (Å²) in [5, 5.41) is 7.29. The summed E-state index contributed by atoms with van der Waals surface area (Å²) in [6.45, 7) is 2.83. The molecule has 1 aliphatic heterocycles. The third-order valence-electron chi connectivity index (χ3n) is 6.57. The van der Waals surface area contributed by atoms with Crippen LogP contribution in [0.2, 0.25) is 0 Å². The van der Waals surface area contributed by atoms with E-state index in [-0.39, 0.29) is 17.7 Å². The van der Waals surface area contributed by atoms with Crippen LogP contribution in [0.25, 0.3) is 0 Å². The summed E-state index contributed by atoms with van der Waals surface area (Å²) < 4.78 is 6.17. The molecule has 2 N–H and O–H groups in total. The van der Waals surface area contributed by atoms with Crippen molar-refractivity contribution in [3.05, 3.63) is 101 Å². The van der Waals surface area contributed by atoms with Crippen LogP contribution in [0.5, 0.6) is 5.75 Å². The lowest BCUT2D eigenvalue weighted by molar-refractivity contribution is -0.116. The highest BCUT2D eigenvalue weighted by Gasteiger charge is 2.36. The standard InChI is InChI=1S/C29H30N2O2/c1-2-3-17-33-27-16-10-7-13-22(27)29-28-25(30-23-14-8-9-15-24(23)31-29)18-21(19-26(28)32)20-11-5-4-6-12-20/h4-16,21,29-31H,2-3,17-19H2,1H3/t21-,29+/m1/s1. The number of para-hydroxylation sites is 3. The van der Waals surface area contributed by atoms with E-state index in [0.29, 0.717) is 13.0 Å². The highest BCUT2D eigenvalue weighted by molar-refractivity contribution is 6.01. The Morgan fingerprint density at radius 1 is 0.879 bits per heavy atom. The molecule has 0 spiro atoms. The predicted molar refractivity (Wildman–Crippen MR) is 134 cm³/mol. The predicted octanol–water partition coefficient (Wildman–Crippen LogP) is 6.85. The van der Waals surface area contributed by atoms with Gasteiger partial charge in [0.25, 0.3) is 0 Å². The van der Waals surface area contributed by atoms with Crippen LogP contribution in [0.15, 0.2) is 90.1 Å². The van der Waals surface area contributed by atoms with Crippen molar-refractivity contribution in [3.8, 4) is 5.75 Å². The fraction of sp³-hybridized carbons (Fsp3) is 0.276. The summed E-state index contributed by atoms with van der Waals surface area (Å²) in [5.74, 6) is 1.20. The second-order valence-electron chi connectivity index (χ2n) is 8.82. The monoisotopic (exact) mass is 438 g/mol. The first kappa shape index (κ1) is 21.3. The lowest BCUT2D eigenvalue weighted by atomic mass is 9.78. The molecule has 33 heavy (non-hydrogen) atoms. The zero-order valence-electron chi connectivity index (χ0n) is 19.0. The quantitative estimate of drug-likeness (QED) is 0.414. The molecule has 168 valence electrons. The molecule has 4 heteroatoms. The molecule has 0 unspecified atom stereocenters. The van der Waals surface area contributed by atoms with Crippen LogP contribution in [0.4, 0.5) is 11.4 Å². The van der Waals surface area contributed by atoms with Crippen molar-refractivity contribution in [3.63, 3.8) is 0 Å². The van der Waals surface area contributed by atoms with Gasteiger partial charge in [-0.3, -0.25) is 4.79 Å². The molecule has 2 aliphatic rings. The van der Waals surface area contributed by atoms with Gasteiger partial charge in [-0.2, -0.15) is 0 Å². The van der Waals surface area contributed by atoms with E-state index in [1.54, 1.807) is 0 Å². The number of hydrogen-bond acceptors (Lipinski definition) is 4. The number of carbonyl (C=O) groups excluding carboxylic acids is 1. The average Bonchev–Trinajstić information content (AvgIpc) is 3.02. The van der Waals surface area contributed by atoms with E-state index < -0.39 is 0 Å². The minimum Gasteiger partial charge on any atom is -0.493 e. The minimum atomic E-state index is -0.266. The molecule has 0 fully saturated rings. The van der Waals surface area contributed by atoms with Crippen molar-refractivity contribution in [2.24, 2.45) is 0 Å². The minimum absolute atomic E-state index is 0.173. The Balaban J connectivity index is 1.58. The van der Waals surface area contributed by atoms with Gasteiger partial charge >= 0.3 is 0 Å². The van der Waals surface area contributed by atoms with E-state index >= 15 is 0 Å². The van der Waals surface area contributed by atoms with E-state index in [9.17, 15) is 4.79 Å². The second kappa shape index (κ2) is 9.53. The number of allylic oxidation sites excluding steroid dienone is 1. The number of Topliss-reactive ketones (excluding diaryl/α,β-unsaturated/α-hetero) is 1. The SMILES string of the molecule is CCCCOc1ccccc1[C@@H]1Nc2ccccc2NC2=C1C(=O)C[C@H](c1ccccc1)C2. The van der Waals surface area contributed by atoms with Gasteiger partial charge in [0.05, 0.1) is 24.0 Å². The van der Waals surface area contributed by atoms with Crippen LogP contribution in [-0.2, 0) is 4.79 Å². The van der Waals surface area contributed by atoms with Crippen molar-refractivity contribution in [1.29, 1.82) is 0 Å². The second-order valence-corrected chi connectivity index (χ2v) is 8.82. The highest BCUT2D eigenvalue weighted by Crippen LogP contribution is 2.45. The number of ether oxygens (including phenoxy) is 1. The Bertz CT molecular complexity index is 1170. The molecule has 0 saturated heterocycles. The number of hydrogen-bond donors (Lipinski definition) is 2. The smallest absolute Gasteiger partial charge is 0.163 e. The lowest BCUT2D eigenvalue weighted by Gasteiger charge is -2.30. The van der Waals surface area contributed by atoms with Gasteiger partial charge < -0.3 is 15.4 Å². The van der Waals surface area contributed by atoms with Gasteiger partial charge in [-0.1, -0.05) is 74.0 Å². The van der Waals surface area contributed by atoms with Crippen LogP contribution < -0.4 is 15.4 Å². The molecule has 5 rings (SSSR count). The molecule has 0 saturated carbocycles. The summed E-state index contributed by atoms with van der Waals surface area (Å²) in [6, 6.07) is 26.4. The van der Waals surface area contributed by atoms with Crippen molar-refractivity contribution in [1.82, 2.24) is 0 Å². The lowest BCUT2D eigenvalue weighted by Crippen LogP contribution is -2.27. The number of nitrogens with one attached hydrogen (secondary N) is 2. The molecule has 0 bridgehead atoms. The average molecular weight is 439 g/mol. The van der Waals surface area contributed by atoms with E-state index in [0.717, 1.165) is 53.2 Å². The fourth-order valence-corrected chi connectivity index (χ4v) is 4.86. The summed E-state index contributed by atoms with van der Waals surface area (Å²) >= 11 is 0. The Labute approximate surface area is 195 Å². The summed E-state index contributed by atoms with van der Waals surface area (Å²) in [6.07, 6.45) is 3.40. The molecular weight excluding hydrogens is 408 g/mol. The first-order valence-corrected chi connectivity index (χ1v) is 11.9. The maximum atomic E-state index is 13.7. The molecule has 0 radical (unpaired) electrons. The third kappa shape index (κ3) is 4.38. The highest BCUT2D eigenvalue weighted by atomic mass is 16.5. The molecule has 3 aromatic carbocycles. The number of rotatable bonds is 6. The Morgan fingerprint density at radius 2 is 1.61 bits per heavy atom. The maximum absolute atomic E-state index is 13.7. The first-order chi connectivity index (χ1) is 16.2. The third-order valence-corrected chi connectivity index (χ3v) is 6.57. The number of benzene rings is 3. The normalized spacial score (nSPS) is 19.6. The fourth-order valence-electron chi connectivity index (χ4n) is 4.86. The molecule has 4 nitrogen and oxygen atoms in total. The maximum Gasteiger partial charge on any atom is 0.163 e. The van der Waals surface area contributed by atoms with Crippen LogP contribution in [0.3, 0.4) is 0 Å². The van der Waals surface area contributed by atoms with Crippen LogP contribution >= 0.6 is 0 Å². The summed E-state index contributed by atoms with van der Waals surface area (Å²) in [4.78, 5) is 13.7. The number of carbonyl (C=O) groups is 1. The van der Waals surface area contributed by atoms with Gasteiger partial charge in [0.15, 0.2) is 5.78 Å². The van der Waals surface area contributed by atoms with E-state index in [4.69, 9.17) is 4.74 Å². The van der Waals surface area contributed by atoms with Gasteiger partial charge in [0, 0.05) is 23.3 Å². The number of unbranched alkanes of at least 4 members (excludes halogenated alkanes) is 1. The Kier molecular flexibility index (Phi) is 6.16. The van der Waals surface area contributed by atoms with Crippen LogP contribution in [0.1, 0.15) is 55.7 Å². The molecule has 1 heterocycles. The van der Waals surface area contributed by atoms with Crippen molar-refractivity contribution in [2.45, 2.75) is 44.6 Å². The largest absolute Gasteiger partial charge is 0.493 e. The van der Waals surface area contributed by atoms with Gasteiger partial charge in [-0.05, 0) is 42.5 Å². The Hall–Kier alpha value is -3.53. The zero-order valence-corrected chi connectivity index (χ0v) is 19.0. The number of anilines is 2. The summed E-state index contributed by atoms with van der Waals surface area (Å²) in [5.41, 5.74) is 6.04. The Morgan fingerprint density at radius 3 is 2.42 bits per heavy atom. The van der Waals surface area contributed by atoms with Gasteiger partial charge in [0.2, 0.25) is 0 Å². The molecule has 2 atom stereocenters. The first-order valence-electron chi connectivity index (χ1n) is 11.9. The van der Waals surface area contributed by atoms with Crippen molar-refractivity contribution >= 4 is 17.2 Å². The van der Waals surface area contributed by atoms with Gasteiger partial charge in [0.1, 0.15) is 5.75 Å². The number of fused-ring (bicyclic) bond motifs is 1. The van der Waals surface area contributed by atoms with E-state index in [1.165, 1.54) is 5.56 Å². The van der Waals surface area contributed by atoms with Crippen molar-refractivity contribution < 1.29 is 9.53 Å². The summed E-state index contributed by atoms with van der Waals surface area (Å²) in [7, 11) is 0. The van der Waals surface area contributed by atoms with Gasteiger partial charge in [-0.15, -0.1) is 0 Å².